The van der Waals surface area contributed by atoms with E-state index in [0.717, 1.165) is 5.56 Å². The first-order valence-electron chi connectivity index (χ1n) is 9.36. The first kappa shape index (κ1) is 20.8. The Morgan fingerprint density at radius 3 is 2.57 bits per heavy atom. The van der Waals surface area contributed by atoms with Gasteiger partial charge in [-0.2, -0.15) is 0 Å². The molecule has 0 unspecified atom stereocenters. The number of rotatable bonds is 6. The second-order valence-electron chi connectivity index (χ2n) is 7.26. The molecule has 0 aliphatic carbocycles. The van der Waals surface area contributed by atoms with Crippen molar-refractivity contribution in [2.75, 3.05) is 20.1 Å². The third-order valence-corrected chi connectivity index (χ3v) is 7.06. The van der Waals surface area contributed by atoms with Crippen LogP contribution in [0.3, 0.4) is 0 Å². The highest BCUT2D eigenvalue weighted by molar-refractivity contribution is 7.88. The number of benzene rings is 2. The van der Waals surface area contributed by atoms with E-state index in [1.54, 1.807) is 36.2 Å². The molecule has 0 radical (unpaired) electrons. The summed E-state index contributed by atoms with van der Waals surface area (Å²) in [7, 11) is -1.73. The molecule has 0 N–H and O–H groups in total. The van der Waals surface area contributed by atoms with Gasteiger partial charge in [0, 0.05) is 31.7 Å². The highest BCUT2D eigenvalue weighted by atomic mass is 35.5. The van der Waals surface area contributed by atoms with Crippen LogP contribution in [0, 0.1) is 5.92 Å². The highest BCUT2D eigenvalue weighted by Crippen LogP contribution is 2.24. The van der Waals surface area contributed by atoms with E-state index in [9.17, 15) is 13.2 Å². The predicted octanol–water partition coefficient (Wildman–Crippen LogP) is 3.54. The summed E-state index contributed by atoms with van der Waals surface area (Å²) < 4.78 is 27.2. The van der Waals surface area contributed by atoms with E-state index in [4.69, 9.17) is 11.6 Å². The van der Waals surface area contributed by atoms with E-state index in [1.807, 2.05) is 30.3 Å². The maximum Gasteiger partial charge on any atom is 0.227 e. The third kappa shape index (κ3) is 5.34. The Labute approximate surface area is 172 Å². The predicted molar refractivity (Wildman–Crippen MR) is 111 cm³/mol. The lowest BCUT2D eigenvalue weighted by atomic mass is 9.98. The summed E-state index contributed by atoms with van der Waals surface area (Å²) in [5.74, 6) is -0.419. The molecule has 0 bridgehead atoms. The van der Waals surface area contributed by atoms with Gasteiger partial charge in [-0.3, -0.25) is 4.79 Å². The molecule has 7 heteroatoms. The van der Waals surface area contributed by atoms with Crippen LogP contribution in [-0.4, -0.2) is 43.7 Å². The van der Waals surface area contributed by atoms with Crippen LogP contribution < -0.4 is 0 Å². The second kappa shape index (κ2) is 9.07. The summed E-state index contributed by atoms with van der Waals surface area (Å²) in [6.07, 6.45) is 1.39. The minimum Gasteiger partial charge on any atom is -0.341 e. The molecule has 1 aliphatic rings. The van der Waals surface area contributed by atoms with Gasteiger partial charge in [-0.05, 0) is 36.1 Å². The largest absolute Gasteiger partial charge is 0.341 e. The molecule has 5 nitrogen and oxygen atoms in total. The monoisotopic (exact) mass is 420 g/mol. The maximum atomic E-state index is 12.9. The Balaban J connectivity index is 1.64. The SMILES string of the molecule is CN(Cc1ccccc1)C(=O)[C@H]1CCCN(S(=O)(=O)Cc2cccc(Cl)c2)C1. The van der Waals surface area contributed by atoms with Gasteiger partial charge in [0.2, 0.25) is 15.9 Å². The van der Waals surface area contributed by atoms with Gasteiger partial charge >= 0.3 is 0 Å². The van der Waals surface area contributed by atoms with Crippen molar-refractivity contribution in [2.24, 2.45) is 5.92 Å². The Hall–Kier alpha value is -1.89. The van der Waals surface area contributed by atoms with Crippen LogP contribution in [-0.2, 0) is 27.1 Å². The summed E-state index contributed by atoms with van der Waals surface area (Å²) in [5, 5.41) is 0.516. The molecular weight excluding hydrogens is 396 g/mol. The number of sulfonamides is 1. The lowest BCUT2D eigenvalue weighted by molar-refractivity contribution is -0.135. The molecule has 1 atom stereocenters. The Kier molecular flexibility index (Phi) is 6.75. The number of nitrogens with zero attached hydrogens (tertiary/aromatic N) is 2. The smallest absolute Gasteiger partial charge is 0.227 e. The van der Waals surface area contributed by atoms with Crippen LogP contribution in [0.4, 0.5) is 0 Å². The lowest BCUT2D eigenvalue weighted by Gasteiger charge is -2.33. The van der Waals surface area contributed by atoms with Crippen LogP contribution in [0.1, 0.15) is 24.0 Å². The van der Waals surface area contributed by atoms with E-state index < -0.39 is 10.0 Å². The topological polar surface area (TPSA) is 57.7 Å². The minimum atomic E-state index is -3.50. The summed E-state index contributed by atoms with van der Waals surface area (Å²) in [6.45, 7) is 1.21. The molecule has 2 aromatic rings. The molecule has 1 saturated heterocycles. The fraction of sp³-hybridized carbons (Fsp3) is 0.381. The quantitative estimate of drug-likeness (QED) is 0.718. The number of carbonyl (C=O) groups excluding carboxylic acids is 1. The number of carbonyl (C=O) groups is 1. The minimum absolute atomic E-state index is 0.00786. The van der Waals surface area contributed by atoms with E-state index in [0.29, 0.717) is 36.5 Å². The van der Waals surface area contributed by atoms with Crippen molar-refractivity contribution >= 4 is 27.5 Å². The van der Waals surface area contributed by atoms with Crippen molar-refractivity contribution in [3.63, 3.8) is 0 Å². The van der Waals surface area contributed by atoms with Gasteiger partial charge in [0.15, 0.2) is 0 Å². The second-order valence-corrected chi connectivity index (χ2v) is 9.67. The van der Waals surface area contributed by atoms with Crippen LogP contribution in [0.5, 0.6) is 0 Å². The lowest BCUT2D eigenvalue weighted by Crippen LogP contribution is -2.46. The number of halogens is 1. The molecule has 28 heavy (non-hydrogen) atoms. The van der Waals surface area contributed by atoms with E-state index >= 15 is 0 Å². The van der Waals surface area contributed by atoms with Gasteiger partial charge in [-0.1, -0.05) is 54.1 Å². The van der Waals surface area contributed by atoms with Crippen LogP contribution in [0.2, 0.25) is 5.02 Å². The fourth-order valence-corrected chi connectivity index (χ4v) is 5.38. The van der Waals surface area contributed by atoms with Gasteiger partial charge in [0.25, 0.3) is 0 Å². The number of amides is 1. The van der Waals surface area contributed by atoms with Crippen LogP contribution in [0.15, 0.2) is 54.6 Å². The first-order valence-corrected chi connectivity index (χ1v) is 11.3. The van der Waals surface area contributed by atoms with Gasteiger partial charge in [0.05, 0.1) is 11.7 Å². The molecule has 1 amide bonds. The average Bonchev–Trinajstić information content (AvgIpc) is 2.68. The molecule has 0 spiro atoms. The molecule has 3 rings (SSSR count). The van der Waals surface area contributed by atoms with Crippen molar-refractivity contribution in [1.82, 2.24) is 9.21 Å². The molecule has 2 aromatic carbocycles. The van der Waals surface area contributed by atoms with Crippen molar-refractivity contribution in [3.05, 3.63) is 70.7 Å². The van der Waals surface area contributed by atoms with Crippen molar-refractivity contribution in [2.45, 2.75) is 25.1 Å². The standard InChI is InChI=1S/C21H25ClN2O3S/c1-23(14-17-7-3-2-4-8-17)21(25)19-10-6-12-24(15-19)28(26,27)16-18-9-5-11-20(22)13-18/h2-5,7-9,11,13,19H,6,10,12,14-16H2,1H3/t19-/m0/s1. The van der Waals surface area contributed by atoms with Crippen LogP contribution in [0.25, 0.3) is 0 Å². The first-order chi connectivity index (χ1) is 13.3. The average molecular weight is 421 g/mol. The van der Waals surface area contributed by atoms with Gasteiger partial charge in [0.1, 0.15) is 0 Å². The zero-order valence-corrected chi connectivity index (χ0v) is 17.5. The molecule has 150 valence electrons. The molecule has 1 heterocycles. The van der Waals surface area contributed by atoms with Gasteiger partial charge < -0.3 is 4.90 Å². The van der Waals surface area contributed by atoms with E-state index in [-0.39, 0.29) is 24.1 Å². The van der Waals surface area contributed by atoms with Gasteiger partial charge in [-0.15, -0.1) is 0 Å². The third-order valence-electron chi connectivity index (χ3n) is 5.00. The Morgan fingerprint density at radius 1 is 1.14 bits per heavy atom. The Morgan fingerprint density at radius 2 is 1.86 bits per heavy atom. The van der Waals surface area contributed by atoms with Crippen molar-refractivity contribution in [3.8, 4) is 0 Å². The summed E-state index contributed by atoms with van der Waals surface area (Å²) >= 11 is 5.97. The Bertz CT molecular complexity index is 918. The molecular formula is C21H25ClN2O3S. The summed E-state index contributed by atoms with van der Waals surface area (Å²) in [4.78, 5) is 14.6. The van der Waals surface area contributed by atoms with Crippen molar-refractivity contribution in [1.29, 1.82) is 0 Å². The zero-order valence-electron chi connectivity index (χ0n) is 15.9. The van der Waals surface area contributed by atoms with E-state index in [1.165, 1.54) is 4.31 Å². The summed E-state index contributed by atoms with van der Waals surface area (Å²) in [6, 6.07) is 16.7. The summed E-state index contributed by atoms with van der Waals surface area (Å²) in [5.41, 5.74) is 1.71. The number of hydrogen-bond donors (Lipinski definition) is 0. The normalized spacial score (nSPS) is 18.0. The zero-order chi connectivity index (χ0) is 20.1. The molecule has 1 fully saturated rings. The van der Waals surface area contributed by atoms with Crippen LogP contribution >= 0.6 is 11.6 Å². The number of piperidine rings is 1. The van der Waals surface area contributed by atoms with E-state index in [2.05, 4.69) is 0 Å². The maximum absolute atomic E-state index is 12.9. The molecule has 0 saturated carbocycles. The fourth-order valence-electron chi connectivity index (χ4n) is 3.57. The van der Waals surface area contributed by atoms with Gasteiger partial charge in [-0.25, -0.2) is 12.7 Å². The van der Waals surface area contributed by atoms with Crippen molar-refractivity contribution < 1.29 is 13.2 Å². The molecule has 0 aromatic heterocycles. The number of hydrogen-bond acceptors (Lipinski definition) is 3. The highest BCUT2D eigenvalue weighted by Gasteiger charge is 2.33. The molecule has 1 aliphatic heterocycles.